The van der Waals surface area contributed by atoms with Gasteiger partial charge in [0.05, 0.1) is 10.6 Å². The molecule has 1 atom stereocenters. The Morgan fingerprint density at radius 1 is 1.23 bits per heavy atom. The molecule has 1 aromatic carbocycles. The summed E-state index contributed by atoms with van der Waals surface area (Å²) >= 11 is 0. The van der Waals surface area contributed by atoms with Gasteiger partial charge < -0.3 is 10.2 Å². The second-order valence-electron chi connectivity index (χ2n) is 7.73. The van der Waals surface area contributed by atoms with Gasteiger partial charge in [0.2, 0.25) is 0 Å². The molecule has 0 spiro atoms. The second kappa shape index (κ2) is 7.77. The van der Waals surface area contributed by atoms with Gasteiger partial charge >= 0.3 is 0 Å². The molecular formula is C20H24N6O4. The van der Waals surface area contributed by atoms with E-state index in [4.69, 9.17) is 0 Å². The van der Waals surface area contributed by atoms with Crippen LogP contribution in [0, 0.1) is 17.0 Å². The van der Waals surface area contributed by atoms with Gasteiger partial charge in [-0.15, -0.1) is 0 Å². The van der Waals surface area contributed by atoms with Crippen LogP contribution in [0.5, 0.6) is 0 Å². The molecule has 2 saturated heterocycles. The number of carbonyl (C=O) groups excluding carboxylic acids is 2. The second-order valence-corrected chi connectivity index (χ2v) is 7.73. The SMILES string of the molecule is Cc1cc(N2CCC(Nc3ccc([N+](=O)[O-])c(C(=O)N4CCCC4)c3)C2=O)n(C)n1. The van der Waals surface area contributed by atoms with Crippen LogP contribution < -0.4 is 10.2 Å². The standard InChI is InChI=1S/C20H24N6O4/c1-13-11-18(23(2)22-13)25-10-7-16(20(25)28)21-14-5-6-17(26(29)30)15(12-14)19(27)24-8-3-4-9-24/h5-6,11-12,16,21H,3-4,7-10H2,1-2H3. The molecule has 0 radical (unpaired) electrons. The van der Waals surface area contributed by atoms with E-state index in [1.807, 2.05) is 13.0 Å². The van der Waals surface area contributed by atoms with Crippen molar-refractivity contribution < 1.29 is 14.5 Å². The van der Waals surface area contributed by atoms with Gasteiger partial charge in [0, 0.05) is 44.5 Å². The third-order valence-electron chi connectivity index (χ3n) is 5.62. The number of hydrogen-bond acceptors (Lipinski definition) is 6. The zero-order valence-electron chi connectivity index (χ0n) is 17.0. The molecule has 2 aromatic rings. The Labute approximate surface area is 173 Å². The number of anilines is 2. The molecule has 0 saturated carbocycles. The zero-order chi connectivity index (χ0) is 21.4. The van der Waals surface area contributed by atoms with E-state index in [9.17, 15) is 19.7 Å². The molecule has 10 heteroatoms. The van der Waals surface area contributed by atoms with Crippen LogP contribution in [0.1, 0.15) is 35.3 Å². The summed E-state index contributed by atoms with van der Waals surface area (Å²) < 4.78 is 1.67. The fourth-order valence-electron chi connectivity index (χ4n) is 4.14. The van der Waals surface area contributed by atoms with Gasteiger partial charge in [-0.05, 0) is 38.3 Å². The van der Waals surface area contributed by atoms with Crippen molar-refractivity contribution in [3.63, 3.8) is 0 Å². The maximum absolute atomic E-state index is 12.9. The zero-order valence-corrected chi connectivity index (χ0v) is 17.0. The van der Waals surface area contributed by atoms with Crippen LogP contribution in [-0.2, 0) is 11.8 Å². The summed E-state index contributed by atoms with van der Waals surface area (Å²) in [4.78, 5) is 39.9. The van der Waals surface area contributed by atoms with Crippen LogP contribution in [-0.4, -0.2) is 57.1 Å². The minimum absolute atomic E-state index is 0.0523. The molecule has 0 aliphatic carbocycles. The number of nitro benzene ring substituents is 1. The average molecular weight is 412 g/mol. The predicted molar refractivity (Wildman–Crippen MR) is 111 cm³/mol. The fraction of sp³-hybridized carbons (Fsp3) is 0.450. The van der Waals surface area contributed by atoms with E-state index >= 15 is 0 Å². The third kappa shape index (κ3) is 3.60. The van der Waals surface area contributed by atoms with Crippen LogP contribution in [0.4, 0.5) is 17.2 Å². The van der Waals surface area contributed by atoms with Crippen molar-refractivity contribution in [2.24, 2.45) is 7.05 Å². The van der Waals surface area contributed by atoms with Crippen molar-refractivity contribution in [2.45, 2.75) is 32.2 Å². The third-order valence-corrected chi connectivity index (χ3v) is 5.62. The van der Waals surface area contributed by atoms with Gasteiger partial charge in [-0.3, -0.25) is 29.3 Å². The summed E-state index contributed by atoms with van der Waals surface area (Å²) in [5.74, 6) is 0.298. The number of hydrogen-bond donors (Lipinski definition) is 1. The first-order valence-electron chi connectivity index (χ1n) is 10.0. The van der Waals surface area contributed by atoms with Crippen LogP contribution in [0.2, 0.25) is 0 Å². The van der Waals surface area contributed by atoms with E-state index < -0.39 is 11.0 Å². The molecule has 2 fully saturated rings. The number of nitrogens with zero attached hydrogens (tertiary/aromatic N) is 5. The summed E-state index contributed by atoms with van der Waals surface area (Å²) in [6, 6.07) is 5.74. The van der Waals surface area contributed by atoms with Crippen molar-refractivity contribution in [2.75, 3.05) is 29.9 Å². The van der Waals surface area contributed by atoms with Crippen LogP contribution in [0.3, 0.4) is 0 Å². The summed E-state index contributed by atoms with van der Waals surface area (Å²) in [6.07, 6.45) is 2.38. The molecule has 30 heavy (non-hydrogen) atoms. The smallest absolute Gasteiger partial charge is 0.282 e. The van der Waals surface area contributed by atoms with E-state index in [1.54, 1.807) is 27.6 Å². The van der Waals surface area contributed by atoms with Gasteiger partial charge in [-0.1, -0.05) is 0 Å². The lowest BCUT2D eigenvalue weighted by atomic mass is 10.1. The van der Waals surface area contributed by atoms with Gasteiger partial charge in [-0.2, -0.15) is 5.10 Å². The van der Waals surface area contributed by atoms with Crippen molar-refractivity contribution in [3.05, 3.63) is 45.6 Å². The average Bonchev–Trinajstić information content (AvgIpc) is 3.43. The molecule has 2 amide bonds. The molecule has 1 N–H and O–H groups in total. The Hall–Kier alpha value is -3.43. The topological polar surface area (TPSA) is 114 Å². The number of benzene rings is 1. The Bertz CT molecular complexity index is 1010. The molecule has 2 aliphatic heterocycles. The number of nitrogens with one attached hydrogen (secondary N) is 1. The number of rotatable bonds is 5. The first-order valence-corrected chi connectivity index (χ1v) is 10.0. The Kier molecular flexibility index (Phi) is 5.15. The predicted octanol–water partition coefficient (Wildman–Crippen LogP) is 2.09. The van der Waals surface area contributed by atoms with Gasteiger partial charge in [0.25, 0.3) is 17.5 Å². The first kappa shape index (κ1) is 19.9. The normalized spacial score (nSPS) is 18.9. The maximum Gasteiger partial charge on any atom is 0.282 e. The summed E-state index contributed by atoms with van der Waals surface area (Å²) in [7, 11) is 1.79. The molecule has 1 aromatic heterocycles. The molecule has 158 valence electrons. The highest BCUT2D eigenvalue weighted by Gasteiger charge is 2.35. The molecular weight excluding hydrogens is 388 g/mol. The number of aryl methyl sites for hydroxylation is 2. The molecule has 10 nitrogen and oxygen atoms in total. The van der Waals surface area contributed by atoms with Crippen LogP contribution in [0.25, 0.3) is 0 Å². The largest absolute Gasteiger partial charge is 0.374 e. The molecule has 0 bridgehead atoms. The number of likely N-dealkylation sites (tertiary alicyclic amines) is 1. The van der Waals surface area contributed by atoms with Crippen molar-refractivity contribution in [1.29, 1.82) is 0 Å². The number of aromatic nitrogens is 2. The monoisotopic (exact) mass is 412 g/mol. The number of amides is 2. The van der Waals surface area contributed by atoms with E-state index in [1.165, 1.54) is 12.1 Å². The maximum atomic E-state index is 12.9. The van der Waals surface area contributed by atoms with Crippen molar-refractivity contribution in [1.82, 2.24) is 14.7 Å². The summed E-state index contributed by atoms with van der Waals surface area (Å²) in [6.45, 7) is 3.62. The first-order chi connectivity index (χ1) is 14.3. The van der Waals surface area contributed by atoms with Gasteiger partial charge in [-0.25, -0.2) is 0 Å². The van der Waals surface area contributed by atoms with Crippen molar-refractivity contribution >= 4 is 29.0 Å². The Balaban J connectivity index is 1.55. The van der Waals surface area contributed by atoms with Crippen molar-refractivity contribution in [3.8, 4) is 0 Å². The number of nitro groups is 1. The Morgan fingerprint density at radius 3 is 2.60 bits per heavy atom. The van der Waals surface area contributed by atoms with Gasteiger partial charge in [0.15, 0.2) is 0 Å². The molecule has 2 aliphatic rings. The number of carbonyl (C=O) groups is 2. The quantitative estimate of drug-likeness (QED) is 0.594. The Morgan fingerprint density at radius 2 is 1.97 bits per heavy atom. The lowest BCUT2D eigenvalue weighted by Crippen LogP contribution is -2.34. The highest BCUT2D eigenvalue weighted by Crippen LogP contribution is 2.28. The highest BCUT2D eigenvalue weighted by atomic mass is 16.6. The van der Waals surface area contributed by atoms with E-state index in [2.05, 4.69) is 10.4 Å². The molecule has 1 unspecified atom stereocenters. The van der Waals surface area contributed by atoms with E-state index in [-0.39, 0.29) is 23.1 Å². The summed E-state index contributed by atoms with van der Waals surface area (Å²) in [5.41, 5.74) is 1.18. The minimum Gasteiger partial charge on any atom is -0.374 e. The minimum atomic E-state index is -0.541. The van der Waals surface area contributed by atoms with E-state index in [0.29, 0.717) is 31.7 Å². The van der Waals surface area contributed by atoms with Crippen LogP contribution >= 0.6 is 0 Å². The van der Waals surface area contributed by atoms with Crippen LogP contribution in [0.15, 0.2) is 24.3 Å². The summed E-state index contributed by atoms with van der Waals surface area (Å²) in [5, 5.41) is 18.9. The van der Waals surface area contributed by atoms with Gasteiger partial charge in [0.1, 0.15) is 17.4 Å². The fourth-order valence-corrected chi connectivity index (χ4v) is 4.14. The highest BCUT2D eigenvalue weighted by molar-refractivity contribution is 6.01. The lowest BCUT2D eigenvalue weighted by Gasteiger charge is -2.18. The molecule has 4 rings (SSSR count). The lowest BCUT2D eigenvalue weighted by molar-refractivity contribution is -0.385. The van der Waals surface area contributed by atoms with E-state index in [0.717, 1.165) is 24.4 Å². The molecule has 3 heterocycles.